The molecule has 1 fully saturated rings. The predicted molar refractivity (Wildman–Crippen MR) is 135 cm³/mol. The van der Waals surface area contributed by atoms with Gasteiger partial charge in [-0.15, -0.1) is 0 Å². The van der Waals surface area contributed by atoms with E-state index in [1.165, 1.54) is 20.7 Å². The van der Waals surface area contributed by atoms with Crippen LogP contribution in [0.1, 0.15) is 26.2 Å². The number of rotatable bonds is 9. The molecule has 1 saturated heterocycles. The van der Waals surface area contributed by atoms with Crippen molar-refractivity contribution in [2.24, 2.45) is 0 Å². The molecular weight excluding hydrogens is 506 g/mol. The van der Waals surface area contributed by atoms with Crippen molar-refractivity contribution >= 4 is 31.6 Å². The Hall–Kier alpha value is -2.83. The summed E-state index contributed by atoms with van der Waals surface area (Å²) >= 11 is 0. The molecule has 12 heteroatoms. The summed E-state index contributed by atoms with van der Waals surface area (Å²) in [6.07, 6.45) is 1.79. The number of benzene rings is 2. The normalized spacial score (nSPS) is 18.7. The number of fused-ring (bicyclic) bond motifs is 1. The van der Waals surface area contributed by atoms with Gasteiger partial charge in [0.1, 0.15) is 18.1 Å². The molecule has 0 unspecified atom stereocenters. The van der Waals surface area contributed by atoms with Crippen LogP contribution < -0.4 is 19.1 Å². The fourth-order valence-electron chi connectivity index (χ4n) is 4.18. The van der Waals surface area contributed by atoms with Crippen molar-refractivity contribution in [1.82, 2.24) is 9.62 Å². The summed E-state index contributed by atoms with van der Waals surface area (Å²) in [5.41, 5.74) is 0.414. The van der Waals surface area contributed by atoms with Gasteiger partial charge in [-0.05, 0) is 56.2 Å². The molecule has 36 heavy (non-hydrogen) atoms. The molecule has 2 aromatic rings. The first-order valence-electron chi connectivity index (χ1n) is 12.0. The Morgan fingerprint density at radius 1 is 1.03 bits per heavy atom. The summed E-state index contributed by atoms with van der Waals surface area (Å²) in [6, 6.07) is 12.9. The average Bonchev–Trinajstić information content (AvgIpc) is 2.91. The lowest BCUT2D eigenvalue weighted by Crippen LogP contribution is -2.51. The zero-order valence-electron chi connectivity index (χ0n) is 20.1. The third-order valence-corrected chi connectivity index (χ3v) is 9.83. The molecule has 2 aliphatic heterocycles. The zero-order chi connectivity index (χ0) is 25.8. The van der Waals surface area contributed by atoms with Gasteiger partial charge in [0, 0.05) is 13.1 Å². The SMILES string of the molecule is CCS(=O)(=O)N1C[C@@H](C(=O)NCCOc2ccc(S(=O)(=O)N3CCCCC3)cc2)Oc2ccccc21. The van der Waals surface area contributed by atoms with Gasteiger partial charge >= 0.3 is 0 Å². The molecule has 10 nitrogen and oxygen atoms in total. The van der Waals surface area contributed by atoms with Crippen molar-refractivity contribution < 1.29 is 31.1 Å². The van der Waals surface area contributed by atoms with Crippen molar-refractivity contribution in [3.8, 4) is 11.5 Å². The molecule has 1 amide bonds. The number of ether oxygens (including phenoxy) is 2. The summed E-state index contributed by atoms with van der Waals surface area (Å²) in [4.78, 5) is 12.9. The van der Waals surface area contributed by atoms with Crippen LogP contribution in [-0.2, 0) is 24.8 Å². The molecule has 0 spiro atoms. The number of carbonyl (C=O) groups excluding carboxylic acids is 1. The van der Waals surface area contributed by atoms with Crippen LogP contribution in [0.4, 0.5) is 5.69 Å². The number of nitrogens with zero attached hydrogens (tertiary/aromatic N) is 2. The largest absolute Gasteiger partial charge is 0.492 e. The highest BCUT2D eigenvalue weighted by atomic mass is 32.2. The summed E-state index contributed by atoms with van der Waals surface area (Å²) in [5, 5.41) is 2.71. The average molecular weight is 538 g/mol. The van der Waals surface area contributed by atoms with E-state index in [-0.39, 0.29) is 30.3 Å². The maximum Gasteiger partial charge on any atom is 0.263 e. The molecular formula is C24H31N3O7S2. The highest BCUT2D eigenvalue weighted by molar-refractivity contribution is 7.92. The van der Waals surface area contributed by atoms with Crippen molar-refractivity contribution in [3.63, 3.8) is 0 Å². The van der Waals surface area contributed by atoms with E-state index in [0.29, 0.717) is 30.3 Å². The highest BCUT2D eigenvalue weighted by Gasteiger charge is 2.35. The molecule has 0 bridgehead atoms. The Morgan fingerprint density at radius 2 is 1.72 bits per heavy atom. The van der Waals surface area contributed by atoms with Crippen molar-refractivity contribution in [2.75, 3.05) is 42.8 Å². The summed E-state index contributed by atoms with van der Waals surface area (Å²) in [5.74, 6) is 0.260. The number of amides is 1. The molecule has 0 saturated carbocycles. The lowest BCUT2D eigenvalue weighted by atomic mass is 10.2. The number of sulfonamides is 2. The van der Waals surface area contributed by atoms with Gasteiger partial charge in [-0.2, -0.15) is 4.31 Å². The number of anilines is 1. The minimum Gasteiger partial charge on any atom is -0.492 e. The lowest BCUT2D eigenvalue weighted by molar-refractivity contribution is -0.127. The van der Waals surface area contributed by atoms with E-state index in [1.54, 1.807) is 43.3 Å². The van der Waals surface area contributed by atoms with Crippen LogP contribution in [0.3, 0.4) is 0 Å². The fourth-order valence-corrected chi connectivity index (χ4v) is 6.82. The molecule has 0 aliphatic carbocycles. The second-order valence-corrected chi connectivity index (χ2v) is 12.7. The highest BCUT2D eigenvalue weighted by Crippen LogP contribution is 2.35. The third kappa shape index (κ3) is 5.76. The standard InChI is InChI=1S/C24H31N3O7S2/c1-2-35(29,30)27-18-23(34-22-9-5-4-8-21(22)27)24(28)25-14-17-33-19-10-12-20(13-11-19)36(31,32)26-15-6-3-7-16-26/h4-5,8-13,23H,2-3,6-7,14-18H2,1H3,(H,25,28)/t23-/m0/s1. The molecule has 4 rings (SSSR count). The minimum atomic E-state index is -3.58. The van der Waals surface area contributed by atoms with Crippen LogP contribution >= 0.6 is 0 Å². The van der Waals surface area contributed by atoms with Crippen LogP contribution in [0, 0.1) is 0 Å². The number of hydrogen-bond acceptors (Lipinski definition) is 7. The van der Waals surface area contributed by atoms with Gasteiger partial charge in [0.2, 0.25) is 20.0 Å². The van der Waals surface area contributed by atoms with E-state index >= 15 is 0 Å². The molecule has 1 atom stereocenters. The fraction of sp³-hybridized carbons (Fsp3) is 0.458. The zero-order valence-corrected chi connectivity index (χ0v) is 21.8. The minimum absolute atomic E-state index is 0.0956. The molecule has 2 aromatic carbocycles. The van der Waals surface area contributed by atoms with E-state index in [1.807, 2.05) is 0 Å². The van der Waals surface area contributed by atoms with Crippen LogP contribution in [0.2, 0.25) is 0 Å². The summed E-state index contributed by atoms with van der Waals surface area (Å²) in [6.45, 7) is 2.82. The van der Waals surface area contributed by atoms with Gasteiger partial charge in [0.05, 0.1) is 29.4 Å². The van der Waals surface area contributed by atoms with Crippen LogP contribution in [0.25, 0.3) is 0 Å². The quantitative estimate of drug-likeness (QED) is 0.485. The molecule has 2 heterocycles. The Bertz CT molecular complexity index is 1280. The number of nitrogens with one attached hydrogen (secondary N) is 1. The Balaban J connectivity index is 1.30. The molecule has 0 aromatic heterocycles. The molecule has 1 N–H and O–H groups in total. The first-order valence-corrected chi connectivity index (χ1v) is 15.0. The monoisotopic (exact) mass is 537 g/mol. The summed E-state index contributed by atoms with van der Waals surface area (Å²) in [7, 11) is -7.09. The van der Waals surface area contributed by atoms with E-state index in [9.17, 15) is 21.6 Å². The topological polar surface area (TPSA) is 122 Å². The van der Waals surface area contributed by atoms with Crippen molar-refractivity contribution in [1.29, 1.82) is 0 Å². The number of hydrogen-bond donors (Lipinski definition) is 1. The number of piperidine rings is 1. The van der Waals surface area contributed by atoms with Crippen LogP contribution in [-0.4, -0.2) is 71.7 Å². The second-order valence-electron chi connectivity index (χ2n) is 8.58. The van der Waals surface area contributed by atoms with Gasteiger partial charge in [0.25, 0.3) is 5.91 Å². The predicted octanol–water partition coefficient (Wildman–Crippen LogP) is 1.97. The maximum atomic E-state index is 12.8. The first kappa shape index (κ1) is 26.2. The van der Waals surface area contributed by atoms with Crippen molar-refractivity contribution in [2.45, 2.75) is 37.2 Å². The third-order valence-electron chi connectivity index (χ3n) is 6.17. The van der Waals surface area contributed by atoms with Gasteiger partial charge < -0.3 is 14.8 Å². The molecule has 2 aliphatic rings. The Labute approximate surface area is 212 Å². The molecule has 0 radical (unpaired) electrons. The van der Waals surface area contributed by atoms with Gasteiger partial charge in [-0.25, -0.2) is 16.8 Å². The van der Waals surface area contributed by atoms with E-state index in [2.05, 4.69) is 5.32 Å². The second kappa shape index (κ2) is 11.1. The number of carbonyl (C=O) groups is 1. The summed E-state index contributed by atoms with van der Waals surface area (Å²) < 4.78 is 64.7. The Kier molecular flexibility index (Phi) is 8.06. The van der Waals surface area contributed by atoms with Gasteiger partial charge in [-0.1, -0.05) is 18.6 Å². The van der Waals surface area contributed by atoms with Gasteiger partial charge in [-0.3, -0.25) is 9.10 Å². The van der Waals surface area contributed by atoms with Crippen LogP contribution in [0.5, 0.6) is 11.5 Å². The maximum absolute atomic E-state index is 12.8. The van der Waals surface area contributed by atoms with E-state index < -0.39 is 32.1 Å². The Morgan fingerprint density at radius 3 is 2.42 bits per heavy atom. The first-order chi connectivity index (χ1) is 17.2. The van der Waals surface area contributed by atoms with E-state index in [4.69, 9.17) is 9.47 Å². The van der Waals surface area contributed by atoms with E-state index in [0.717, 1.165) is 19.3 Å². The van der Waals surface area contributed by atoms with Crippen molar-refractivity contribution in [3.05, 3.63) is 48.5 Å². The molecule has 196 valence electrons. The number of para-hydroxylation sites is 2. The lowest BCUT2D eigenvalue weighted by Gasteiger charge is -2.34. The van der Waals surface area contributed by atoms with Gasteiger partial charge in [0.15, 0.2) is 6.10 Å². The smallest absolute Gasteiger partial charge is 0.263 e. The van der Waals surface area contributed by atoms with Crippen LogP contribution in [0.15, 0.2) is 53.4 Å².